The summed E-state index contributed by atoms with van der Waals surface area (Å²) in [7, 11) is 0. The summed E-state index contributed by atoms with van der Waals surface area (Å²) in [6.45, 7) is 6.25. The molecule has 0 bridgehead atoms. The molecular weight excluding hydrogens is 334 g/mol. The molecule has 112 valence electrons. The largest absolute Gasteiger partial charge is 2.00 e. The molecule has 0 aliphatic rings. The van der Waals surface area contributed by atoms with E-state index in [1.807, 2.05) is 36.4 Å². The average molecular weight is 355 g/mol. The van der Waals surface area contributed by atoms with Crippen molar-refractivity contribution in [3.63, 3.8) is 0 Å². The predicted octanol–water partition coefficient (Wildman–Crippen LogP) is 5.14. The first-order valence-corrected chi connectivity index (χ1v) is 6.23. The molecule has 0 heterocycles. The maximum absolute atomic E-state index is 2.08. The third-order valence-electron chi connectivity index (χ3n) is 2.49. The molecule has 0 aromatic heterocycles. The fraction of sp³-hybridized carbons (Fsp3) is 0.167. The van der Waals surface area contributed by atoms with Crippen LogP contribution >= 0.6 is 0 Å². The molecule has 0 aliphatic carbocycles. The Morgan fingerprint density at radius 1 is 0.450 bits per heavy atom. The van der Waals surface area contributed by atoms with Crippen LogP contribution in [0.15, 0.2) is 72.8 Å². The van der Waals surface area contributed by atoms with Crippen molar-refractivity contribution >= 4 is 0 Å². The monoisotopic (exact) mass is 355 g/mol. The quantitative estimate of drug-likeness (QED) is 0.490. The van der Waals surface area contributed by atoms with Gasteiger partial charge in [-0.3, -0.25) is 0 Å². The van der Waals surface area contributed by atoms with Gasteiger partial charge in [0, 0.05) is 16.8 Å². The Labute approximate surface area is 143 Å². The molecule has 0 atom stereocenters. The summed E-state index contributed by atoms with van der Waals surface area (Å²) in [5, 5.41) is 0. The molecule has 0 fully saturated rings. The molecule has 3 rings (SSSR count). The van der Waals surface area contributed by atoms with Gasteiger partial charge in [-0.25, -0.2) is 36.4 Å². The molecule has 0 nitrogen and oxygen atoms in total. The molecule has 0 saturated heterocycles. The van der Waals surface area contributed by atoms with Crippen LogP contribution in [0, 0.1) is 20.8 Å². The van der Waals surface area contributed by atoms with Crippen molar-refractivity contribution in [3.8, 4) is 0 Å². The molecular formula is C18H21Co2-. The van der Waals surface area contributed by atoms with Crippen molar-refractivity contribution in [3.05, 3.63) is 89.5 Å². The van der Waals surface area contributed by atoms with E-state index in [4.69, 9.17) is 0 Å². The van der Waals surface area contributed by atoms with E-state index >= 15 is 0 Å². The maximum atomic E-state index is 2.08. The van der Waals surface area contributed by atoms with Crippen LogP contribution in [0.2, 0.25) is 0 Å². The maximum Gasteiger partial charge on any atom is 2.00 e. The Bertz CT molecular complexity index is 397. The van der Waals surface area contributed by atoms with Crippen LogP contribution in [0.25, 0.3) is 0 Å². The molecule has 0 unspecified atom stereocenters. The van der Waals surface area contributed by atoms with E-state index in [2.05, 4.69) is 57.2 Å². The van der Waals surface area contributed by atoms with Crippen LogP contribution in [0.4, 0.5) is 0 Å². The zero-order valence-electron chi connectivity index (χ0n) is 12.1. The smallest absolute Gasteiger partial charge is 0.213 e. The standard InChI is InChI=1S/3C6H7.2Co/c3*1-6-4-2-3-5-6;;/h3*2-5H,1H3;;/q3*-1;;+2. The van der Waals surface area contributed by atoms with Crippen molar-refractivity contribution in [2.75, 3.05) is 0 Å². The molecule has 20 heavy (non-hydrogen) atoms. The van der Waals surface area contributed by atoms with Gasteiger partial charge in [0.1, 0.15) is 0 Å². The summed E-state index contributed by atoms with van der Waals surface area (Å²) in [6, 6.07) is 24.7. The van der Waals surface area contributed by atoms with Crippen molar-refractivity contribution in [1.29, 1.82) is 0 Å². The second-order valence-electron chi connectivity index (χ2n) is 4.39. The van der Waals surface area contributed by atoms with Crippen molar-refractivity contribution in [2.24, 2.45) is 0 Å². The Kier molecular flexibility index (Phi) is 14.0. The van der Waals surface area contributed by atoms with Gasteiger partial charge < -0.3 is 0 Å². The van der Waals surface area contributed by atoms with Gasteiger partial charge in [0.2, 0.25) is 0 Å². The summed E-state index contributed by atoms with van der Waals surface area (Å²) in [5.41, 5.74) is 4.03. The van der Waals surface area contributed by atoms with E-state index in [0.29, 0.717) is 0 Å². The number of hydrogen-bond acceptors (Lipinski definition) is 0. The number of aryl methyl sites for hydroxylation is 3. The Morgan fingerprint density at radius 2 is 0.600 bits per heavy atom. The minimum Gasteiger partial charge on any atom is -0.213 e. The van der Waals surface area contributed by atoms with Crippen LogP contribution in [0.3, 0.4) is 0 Å². The molecule has 0 N–H and O–H groups in total. The first kappa shape index (κ1) is 21.4. The summed E-state index contributed by atoms with van der Waals surface area (Å²) < 4.78 is 0. The number of hydrogen-bond donors (Lipinski definition) is 0. The normalized spacial score (nSPS) is 7.95. The topological polar surface area (TPSA) is 0 Å². The van der Waals surface area contributed by atoms with Gasteiger partial charge in [-0.1, -0.05) is 20.8 Å². The fourth-order valence-electron chi connectivity index (χ4n) is 1.41. The van der Waals surface area contributed by atoms with Crippen LogP contribution in [0.1, 0.15) is 16.7 Å². The van der Waals surface area contributed by atoms with Crippen molar-refractivity contribution in [1.82, 2.24) is 0 Å². The molecule has 3 aromatic carbocycles. The zero-order chi connectivity index (χ0) is 13.2. The first-order chi connectivity index (χ1) is 8.68. The third-order valence-corrected chi connectivity index (χ3v) is 2.49. The number of rotatable bonds is 0. The molecule has 0 aliphatic heterocycles. The minimum absolute atomic E-state index is 0. The van der Waals surface area contributed by atoms with E-state index in [-0.39, 0.29) is 33.6 Å². The van der Waals surface area contributed by atoms with Gasteiger partial charge in [0.15, 0.2) is 0 Å². The SMILES string of the molecule is C[c-]1cccc1.C[c-]1cccc1.C[c-]1cccc1.[Co+2].[Co]. The Hall–Kier alpha value is -0.937. The van der Waals surface area contributed by atoms with Crippen LogP contribution in [-0.4, -0.2) is 0 Å². The summed E-state index contributed by atoms with van der Waals surface area (Å²) in [6.07, 6.45) is 0. The van der Waals surface area contributed by atoms with Crippen molar-refractivity contribution in [2.45, 2.75) is 20.8 Å². The van der Waals surface area contributed by atoms with Gasteiger partial charge in [-0.15, -0.1) is 0 Å². The molecule has 3 aromatic rings. The van der Waals surface area contributed by atoms with E-state index in [0.717, 1.165) is 0 Å². The second kappa shape index (κ2) is 13.1. The van der Waals surface area contributed by atoms with Crippen LogP contribution < -0.4 is 0 Å². The second-order valence-corrected chi connectivity index (χ2v) is 4.39. The van der Waals surface area contributed by atoms with E-state index in [1.165, 1.54) is 16.7 Å². The average Bonchev–Trinajstić information content (AvgIpc) is 3.05. The van der Waals surface area contributed by atoms with Gasteiger partial charge in [-0.05, 0) is 0 Å². The minimum atomic E-state index is 0. The molecule has 0 saturated carbocycles. The van der Waals surface area contributed by atoms with Gasteiger partial charge >= 0.3 is 16.8 Å². The zero-order valence-corrected chi connectivity index (χ0v) is 14.2. The fourth-order valence-corrected chi connectivity index (χ4v) is 1.41. The Balaban J connectivity index is 0. The van der Waals surface area contributed by atoms with Crippen molar-refractivity contribution < 1.29 is 33.6 Å². The summed E-state index contributed by atoms with van der Waals surface area (Å²) in [4.78, 5) is 0. The van der Waals surface area contributed by atoms with E-state index < -0.39 is 0 Å². The van der Waals surface area contributed by atoms with Gasteiger partial charge in [-0.2, -0.15) is 53.1 Å². The molecule has 0 amide bonds. The van der Waals surface area contributed by atoms with Gasteiger partial charge in [0.25, 0.3) is 0 Å². The summed E-state index contributed by atoms with van der Waals surface area (Å²) in [5.74, 6) is 0. The first-order valence-electron chi connectivity index (χ1n) is 6.23. The van der Waals surface area contributed by atoms with Crippen LogP contribution in [0.5, 0.6) is 0 Å². The Morgan fingerprint density at radius 3 is 0.650 bits per heavy atom. The summed E-state index contributed by atoms with van der Waals surface area (Å²) >= 11 is 0. The van der Waals surface area contributed by atoms with E-state index in [1.54, 1.807) is 0 Å². The predicted molar refractivity (Wildman–Crippen MR) is 80.3 cm³/mol. The molecule has 2 heteroatoms. The molecule has 0 spiro atoms. The van der Waals surface area contributed by atoms with E-state index in [9.17, 15) is 0 Å². The third kappa shape index (κ3) is 10.9. The van der Waals surface area contributed by atoms with Gasteiger partial charge in [0.05, 0.1) is 0 Å². The van der Waals surface area contributed by atoms with Crippen LogP contribution in [-0.2, 0) is 33.6 Å². The molecule has 2 radical (unpaired) electrons.